The molecule has 2 unspecified atom stereocenters. The van der Waals surface area contributed by atoms with E-state index in [1.54, 1.807) is 11.8 Å². The Bertz CT molecular complexity index is 575. The van der Waals surface area contributed by atoms with Crippen molar-refractivity contribution in [3.63, 3.8) is 0 Å². The van der Waals surface area contributed by atoms with Crippen LogP contribution in [0.15, 0.2) is 59.5 Å². The Labute approximate surface area is 117 Å². The van der Waals surface area contributed by atoms with E-state index >= 15 is 0 Å². The number of fused-ring (bicyclic) bond motifs is 1. The standard InChI is InChI=1S/C16H14S2/c1-11(12-7-3-2-4-8-12)15-13-9-5-6-10-14(13)18-16(15)17/h2-11,15H,1H3. The molecule has 0 amide bonds. The number of hydrogen-bond donors (Lipinski definition) is 0. The van der Waals surface area contributed by atoms with Crippen molar-refractivity contribution in [2.24, 2.45) is 0 Å². The van der Waals surface area contributed by atoms with Crippen LogP contribution < -0.4 is 0 Å². The Morgan fingerprint density at radius 1 is 1.00 bits per heavy atom. The molecular formula is C16H14S2. The largest absolute Gasteiger partial charge is 0.0818 e. The fourth-order valence-electron chi connectivity index (χ4n) is 2.55. The molecule has 1 heterocycles. The van der Waals surface area contributed by atoms with E-state index in [4.69, 9.17) is 12.2 Å². The Morgan fingerprint density at radius 3 is 2.44 bits per heavy atom. The second-order valence-electron chi connectivity index (χ2n) is 4.64. The van der Waals surface area contributed by atoms with Crippen LogP contribution in [0, 0.1) is 0 Å². The number of hydrogen-bond acceptors (Lipinski definition) is 2. The van der Waals surface area contributed by atoms with Gasteiger partial charge in [0.1, 0.15) is 0 Å². The summed E-state index contributed by atoms with van der Waals surface area (Å²) in [4.78, 5) is 1.33. The third-order valence-electron chi connectivity index (χ3n) is 3.54. The summed E-state index contributed by atoms with van der Waals surface area (Å²) < 4.78 is 1.10. The zero-order valence-corrected chi connectivity index (χ0v) is 11.8. The van der Waals surface area contributed by atoms with E-state index in [2.05, 4.69) is 61.5 Å². The summed E-state index contributed by atoms with van der Waals surface area (Å²) in [5.74, 6) is 0.804. The molecule has 2 heteroatoms. The SMILES string of the molecule is CC(c1ccccc1)C1C(=S)Sc2ccccc21. The van der Waals surface area contributed by atoms with Crippen molar-refractivity contribution in [3.8, 4) is 0 Å². The molecule has 0 fully saturated rings. The molecule has 2 aromatic rings. The first-order valence-corrected chi connectivity index (χ1v) is 7.35. The second kappa shape index (κ2) is 4.87. The highest BCUT2D eigenvalue weighted by Crippen LogP contribution is 2.48. The molecule has 2 aromatic carbocycles. The topological polar surface area (TPSA) is 0 Å². The van der Waals surface area contributed by atoms with E-state index in [1.807, 2.05) is 0 Å². The summed E-state index contributed by atoms with van der Waals surface area (Å²) >= 11 is 7.34. The summed E-state index contributed by atoms with van der Waals surface area (Å²) in [5.41, 5.74) is 2.76. The van der Waals surface area contributed by atoms with Gasteiger partial charge in [-0.15, -0.1) is 0 Å². The molecule has 0 bridgehead atoms. The first kappa shape index (κ1) is 11.9. The Kier molecular flexibility index (Phi) is 3.23. The lowest BCUT2D eigenvalue weighted by atomic mass is 9.84. The van der Waals surface area contributed by atoms with Gasteiger partial charge in [-0.1, -0.05) is 79.4 Å². The molecule has 2 atom stereocenters. The smallest absolute Gasteiger partial charge is 0.0608 e. The van der Waals surface area contributed by atoms with Gasteiger partial charge in [0.05, 0.1) is 4.20 Å². The Hall–Kier alpha value is -1.12. The maximum atomic E-state index is 5.58. The van der Waals surface area contributed by atoms with Crippen molar-refractivity contribution in [3.05, 3.63) is 65.7 Å². The van der Waals surface area contributed by atoms with Crippen molar-refractivity contribution < 1.29 is 0 Å². The fourth-order valence-corrected chi connectivity index (χ4v) is 4.29. The summed E-state index contributed by atoms with van der Waals surface area (Å²) in [7, 11) is 0. The van der Waals surface area contributed by atoms with Crippen LogP contribution >= 0.6 is 24.0 Å². The van der Waals surface area contributed by atoms with Crippen molar-refractivity contribution in [2.75, 3.05) is 0 Å². The van der Waals surface area contributed by atoms with Gasteiger partial charge >= 0.3 is 0 Å². The van der Waals surface area contributed by atoms with Gasteiger partial charge in [-0.3, -0.25) is 0 Å². The number of thiocarbonyl (C=S) groups is 1. The van der Waals surface area contributed by atoms with Gasteiger partial charge in [0, 0.05) is 10.8 Å². The minimum atomic E-state index is 0.364. The van der Waals surface area contributed by atoms with E-state index in [0.717, 1.165) is 4.20 Å². The lowest BCUT2D eigenvalue weighted by Gasteiger charge is -2.20. The molecular weight excluding hydrogens is 256 g/mol. The maximum absolute atomic E-state index is 5.58. The van der Waals surface area contributed by atoms with Gasteiger partial charge in [-0.2, -0.15) is 0 Å². The number of thioether (sulfide) groups is 1. The van der Waals surface area contributed by atoms with Crippen LogP contribution in [0.1, 0.15) is 29.9 Å². The molecule has 0 radical (unpaired) electrons. The quantitative estimate of drug-likeness (QED) is 0.704. The highest BCUT2D eigenvalue weighted by molar-refractivity contribution is 8.23. The number of rotatable bonds is 2. The molecule has 0 spiro atoms. The van der Waals surface area contributed by atoms with Gasteiger partial charge in [-0.05, 0) is 23.1 Å². The predicted octanol–water partition coefficient (Wildman–Crippen LogP) is 5.01. The average Bonchev–Trinajstić information content (AvgIpc) is 2.75. The van der Waals surface area contributed by atoms with Gasteiger partial charge in [0.2, 0.25) is 0 Å². The monoisotopic (exact) mass is 270 g/mol. The van der Waals surface area contributed by atoms with E-state index in [-0.39, 0.29) is 0 Å². The van der Waals surface area contributed by atoms with Gasteiger partial charge < -0.3 is 0 Å². The normalized spacial score (nSPS) is 19.6. The fraction of sp³-hybridized carbons (Fsp3) is 0.188. The molecule has 0 aromatic heterocycles. The maximum Gasteiger partial charge on any atom is 0.0608 e. The minimum absolute atomic E-state index is 0.364. The van der Waals surface area contributed by atoms with Crippen molar-refractivity contribution in [1.29, 1.82) is 0 Å². The zero-order chi connectivity index (χ0) is 12.5. The van der Waals surface area contributed by atoms with Crippen LogP contribution in [-0.2, 0) is 0 Å². The van der Waals surface area contributed by atoms with Crippen molar-refractivity contribution in [2.45, 2.75) is 23.7 Å². The van der Waals surface area contributed by atoms with E-state index in [1.165, 1.54) is 16.0 Å². The summed E-state index contributed by atoms with van der Waals surface area (Å²) in [6.07, 6.45) is 0. The summed E-state index contributed by atoms with van der Waals surface area (Å²) in [5, 5.41) is 0. The van der Waals surface area contributed by atoms with Crippen LogP contribution in [0.25, 0.3) is 0 Å². The lowest BCUT2D eigenvalue weighted by Crippen LogP contribution is -2.10. The third-order valence-corrected chi connectivity index (χ3v) is 5.09. The Balaban J connectivity index is 2.00. The van der Waals surface area contributed by atoms with Crippen LogP contribution in [0.2, 0.25) is 0 Å². The molecule has 0 saturated heterocycles. The van der Waals surface area contributed by atoms with Crippen LogP contribution in [0.3, 0.4) is 0 Å². The van der Waals surface area contributed by atoms with Gasteiger partial charge in [0.15, 0.2) is 0 Å². The van der Waals surface area contributed by atoms with E-state index in [9.17, 15) is 0 Å². The number of benzene rings is 2. The average molecular weight is 270 g/mol. The van der Waals surface area contributed by atoms with Gasteiger partial charge in [0.25, 0.3) is 0 Å². The molecule has 3 rings (SSSR count). The predicted molar refractivity (Wildman–Crippen MR) is 82.5 cm³/mol. The minimum Gasteiger partial charge on any atom is -0.0818 e. The van der Waals surface area contributed by atoms with E-state index < -0.39 is 0 Å². The van der Waals surface area contributed by atoms with Crippen LogP contribution in [0.4, 0.5) is 0 Å². The van der Waals surface area contributed by atoms with Crippen molar-refractivity contribution >= 4 is 28.2 Å². The molecule has 1 aliphatic rings. The summed E-state index contributed by atoms with van der Waals surface area (Å²) in [6, 6.07) is 19.2. The third kappa shape index (κ3) is 2.00. The molecule has 90 valence electrons. The molecule has 0 nitrogen and oxygen atoms in total. The van der Waals surface area contributed by atoms with Crippen molar-refractivity contribution in [1.82, 2.24) is 0 Å². The molecule has 0 saturated carbocycles. The van der Waals surface area contributed by atoms with Gasteiger partial charge in [-0.25, -0.2) is 0 Å². The molecule has 18 heavy (non-hydrogen) atoms. The Morgan fingerprint density at radius 2 is 1.67 bits per heavy atom. The summed E-state index contributed by atoms with van der Waals surface area (Å²) in [6.45, 7) is 2.27. The lowest BCUT2D eigenvalue weighted by molar-refractivity contribution is 0.713. The zero-order valence-electron chi connectivity index (χ0n) is 10.2. The first-order chi connectivity index (χ1) is 8.77. The molecule has 0 N–H and O–H groups in total. The molecule has 0 aliphatic carbocycles. The second-order valence-corrected chi connectivity index (χ2v) is 6.42. The highest BCUT2D eigenvalue weighted by Gasteiger charge is 2.32. The highest BCUT2D eigenvalue weighted by atomic mass is 32.2. The first-order valence-electron chi connectivity index (χ1n) is 6.13. The van der Waals surface area contributed by atoms with Crippen LogP contribution in [-0.4, -0.2) is 4.20 Å². The molecule has 1 aliphatic heterocycles. The van der Waals surface area contributed by atoms with Crippen LogP contribution in [0.5, 0.6) is 0 Å². The van der Waals surface area contributed by atoms with E-state index in [0.29, 0.717) is 11.8 Å².